The number of morpholine rings is 1. The predicted molar refractivity (Wildman–Crippen MR) is 90.3 cm³/mol. The first-order valence-electron chi connectivity index (χ1n) is 8.28. The van der Waals surface area contributed by atoms with Crippen molar-refractivity contribution in [1.82, 2.24) is 14.7 Å². The molecule has 1 amide bonds. The number of carbonyl (C=O) groups is 1. The molecule has 2 heterocycles. The van der Waals surface area contributed by atoms with Gasteiger partial charge in [0.25, 0.3) is 5.91 Å². The van der Waals surface area contributed by atoms with Gasteiger partial charge in [0.2, 0.25) is 0 Å². The number of halogens is 1. The topological polar surface area (TPSA) is 67.6 Å². The van der Waals surface area contributed by atoms with E-state index >= 15 is 0 Å². The van der Waals surface area contributed by atoms with Crippen LogP contribution in [0.15, 0.2) is 24.3 Å². The minimum absolute atomic E-state index is 0.0803. The van der Waals surface area contributed by atoms with Gasteiger partial charge in [-0.3, -0.25) is 4.79 Å². The van der Waals surface area contributed by atoms with E-state index < -0.39 is 0 Å². The highest BCUT2D eigenvalue weighted by atomic mass is 19.1. The first kappa shape index (κ1) is 17.6. The molecule has 0 saturated carbocycles. The van der Waals surface area contributed by atoms with Crippen molar-refractivity contribution >= 4 is 5.91 Å². The fourth-order valence-corrected chi connectivity index (χ4v) is 3.14. The van der Waals surface area contributed by atoms with Crippen molar-refractivity contribution in [3.8, 4) is 5.69 Å². The van der Waals surface area contributed by atoms with E-state index in [0.717, 1.165) is 0 Å². The maximum absolute atomic E-state index is 13.1. The van der Waals surface area contributed by atoms with E-state index in [4.69, 9.17) is 4.74 Å². The molecule has 2 atom stereocenters. The summed E-state index contributed by atoms with van der Waals surface area (Å²) >= 11 is 0. The number of hydrogen-bond acceptors (Lipinski definition) is 4. The van der Waals surface area contributed by atoms with Crippen LogP contribution in [0.1, 0.15) is 28.7 Å². The Morgan fingerprint density at radius 3 is 2.68 bits per heavy atom. The molecular weight excluding hydrogens is 325 g/mol. The molecule has 2 unspecified atom stereocenters. The maximum Gasteiger partial charge on any atom is 0.258 e. The largest absolute Gasteiger partial charge is 0.394 e. The van der Waals surface area contributed by atoms with E-state index in [1.165, 1.54) is 12.1 Å². The summed E-state index contributed by atoms with van der Waals surface area (Å²) in [5.74, 6) is -0.448. The monoisotopic (exact) mass is 347 g/mol. The number of aliphatic hydroxyl groups excluding tert-OH is 1. The number of aliphatic hydroxyl groups is 1. The molecule has 1 fully saturated rings. The van der Waals surface area contributed by atoms with Crippen molar-refractivity contribution in [3.63, 3.8) is 0 Å². The molecule has 3 rings (SSSR count). The average Bonchev–Trinajstić information content (AvgIpc) is 2.90. The van der Waals surface area contributed by atoms with Gasteiger partial charge >= 0.3 is 0 Å². The van der Waals surface area contributed by atoms with Crippen molar-refractivity contribution in [2.24, 2.45) is 0 Å². The molecule has 0 bridgehead atoms. The second kappa shape index (κ2) is 6.93. The van der Waals surface area contributed by atoms with Crippen LogP contribution in [0, 0.1) is 19.7 Å². The molecule has 2 aromatic rings. The summed E-state index contributed by atoms with van der Waals surface area (Å²) in [6.07, 6.45) is -0.368. The van der Waals surface area contributed by atoms with Crippen LogP contribution in [0.5, 0.6) is 0 Å². The number of aryl methyl sites for hydroxylation is 1. The molecule has 1 aromatic carbocycles. The normalized spacial score (nSPS) is 20.8. The zero-order valence-electron chi connectivity index (χ0n) is 14.6. The predicted octanol–water partition coefficient (Wildman–Crippen LogP) is 1.85. The van der Waals surface area contributed by atoms with Crippen molar-refractivity contribution in [1.29, 1.82) is 0 Å². The Morgan fingerprint density at radius 1 is 1.36 bits per heavy atom. The Morgan fingerprint density at radius 2 is 2.04 bits per heavy atom. The molecule has 1 aliphatic rings. The Balaban J connectivity index is 1.94. The summed E-state index contributed by atoms with van der Waals surface area (Å²) in [5, 5.41) is 13.8. The highest BCUT2D eigenvalue weighted by molar-refractivity contribution is 5.96. The smallest absolute Gasteiger partial charge is 0.258 e. The number of hydrogen-bond donors (Lipinski definition) is 1. The molecule has 6 nitrogen and oxygen atoms in total. The van der Waals surface area contributed by atoms with Gasteiger partial charge in [-0.2, -0.15) is 5.10 Å². The van der Waals surface area contributed by atoms with Gasteiger partial charge in [0.15, 0.2) is 0 Å². The lowest BCUT2D eigenvalue weighted by molar-refractivity contribution is -0.0667. The summed E-state index contributed by atoms with van der Waals surface area (Å²) in [5.41, 5.74) is 2.55. The van der Waals surface area contributed by atoms with Crippen LogP contribution in [0.3, 0.4) is 0 Å². The van der Waals surface area contributed by atoms with Crippen LogP contribution >= 0.6 is 0 Å². The summed E-state index contributed by atoms with van der Waals surface area (Å²) < 4.78 is 20.3. The van der Waals surface area contributed by atoms with Gasteiger partial charge in [0.1, 0.15) is 5.82 Å². The van der Waals surface area contributed by atoms with Gasteiger partial charge in [0, 0.05) is 6.54 Å². The number of aromatic nitrogens is 2. The van der Waals surface area contributed by atoms with E-state index in [-0.39, 0.29) is 30.5 Å². The third-order valence-corrected chi connectivity index (χ3v) is 4.55. The number of amides is 1. The number of ether oxygens (including phenoxy) is 1. The van der Waals surface area contributed by atoms with E-state index in [1.807, 2.05) is 13.8 Å². The second-order valence-corrected chi connectivity index (χ2v) is 6.38. The summed E-state index contributed by atoms with van der Waals surface area (Å²) in [6.45, 7) is 6.14. The van der Waals surface area contributed by atoms with Crippen LogP contribution in [0.25, 0.3) is 5.69 Å². The van der Waals surface area contributed by atoms with Crippen molar-refractivity contribution in [3.05, 3.63) is 47.0 Å². The Kier molecular flexibility index (Phi) is 4.87. The molecule has 1 saturated heterocycles. The molecule has 25 heavy (non-hydrogen) atoms. The van der Waals surface area contributed by atoms with Crippen molar-refractivity contribution < 1.29 is 19.0 Å². The lowest BCUT2D eigenvalue weighted by Crippen LogP contribution is -2.52. The third kappa shape index (κ3) is 3.29. The van der Waals surface area contributed by atoms with Crippen LogP contribution in [-0.4, -0.2) is 57.6 Å². The highest BCUT2D eigenvalue weighted by Gasteiger charge is 2.32. The first-order chi connectivity index (χ1) is 11.9. The van der Waals surface area contributed by atoms with E-state index in [1.54, 1.807) is 28.6 Å². The number of benzene rings is 1. The first-order valence-corrected chi connectivity index (χ1v) is 8.28. The van der Waals surface area contributed by atoms with Gasteiger partial charge in [0.05, 0.1) is 48.0 Å². The Bertz CT molecular complexity index is 773. The molecule has 7 heteroatoms. The fourth-order valence-electron chi connectivity index (χ4n) is 3.14. The number of rotatable bonds is 3. The molecule has 1 aromatic heterocycles. The number of carbonyl (C=O) groups excluding carboxylic acids is 1. The number of nitrogens with zero attached hydrogens (tertiary/aromatic N) is 3. The molecular formula is C18H22FN3O3. The maximum atomic E-state index is 13.1. The van der Waals surface area contributed by atoms with Gasteiger partial charge in [-0.05, 0) is 45.0 Å². The van der Waals surface area contributed by atoms with E-state index in [9.17, 15) is 14.3 Å². The molecule has 0 aliphatic carbocycles. The van der Waals surface area contributed by atoms with E-state index in [0.29, 0.717) is 35.8 Å². The van der Waals surface area contributed by atoms with Gasteiger partial charge < -0.3 is 14.7 Å². The highest BCUT2D eigenvalue weighted by Crippen LogP contribution is 2.22. The average molecular weight is 347 g/mol. The van der Waals surface area contributed by atoms with Gasteiger partial charge in [-0.25, -0.2) is 9.07 Å². The third-order valence-electron chi connectivity index (χ3n) is 4.55. The summed E-state index contributed by atoms with van der Waals surface area (Å²) in [7, 11) is 0. The zero-order chi connectivity index (χ0) is 18.1. The van der Waals surface area contributed by atoms with Crippen LogP contribution in [-0.2, 0) is 4.74 Å². The zero-order valence-corrected chi connectivity index (χ0v) is 14.6. The lowest BCUT2D eigenvalue weighted by Gasteiger charge is -2.37. The fraction of sp³-hybridized carbons (Fsp3) is 0.444. The lowest BCUT2D eigenvalue weighted by atomic mass is 10.1. The molecule has 0 spiro atoms. The van der Waals surface area contributed by atoms with Crippen molar-refractivity contribution in [2.75, 3.05) is 19.8 Å². The van der Waals surface area contributed by atoms with Crippen molar-refractivity contribution in [2.45, 2.75) is 32.9 Å². The summed E-state index contributed by atoms with van der Waals surface area (Å²) in [6, 6.07) is 5.90. The minimum Gasteiger partial charge on any atom is -0.394 e. The quantitative estimate of drug-likeness (QED) is 0.920. The van der Waals surface area contributed by atoms with Crippen LogP contribution in [0.2, 0.25) is 0 Å². The SMILES string of the molecule is Cc1nn(-c2ccc(F)cc2)c(C)c1C(=O)N1CC(CO)OCC1C. The molecule has 1 aliphatic heterocycles. The Labute approximate surface area is 145 Å². The van der Waals surface area contributed by atoms with Gasteiger partial charge in [-0.15, -0.1) is 0 Å². The minimum atomic E-state index is -0.368. The van der Waals surface area contributed by atoms with Crippen LogP contribution in [0.4, 0.5) is 4.39 Å². The second-order valence-electron chi connectivity index (χ2n) is 6.38. The molecule has 0 radical (unpaired) electrons. The van der Waals surface area contributed by atoms with Crippen LogP contribution < -0.4 is 0 Å². The summed E-state index contributed by atoms with van der Waals surface area (Å²) in [4.78, 5) is 14.8. The van der Waals surface area contributed by atoms with E-state index in [2.05, 4.69) is 5.10 Å². The molecule has 1 N–H and O–H groups in total. The standard InChI is InChI=1S/C18H22FN3O3/c1-11-10-25-16(9-23)8-21(11)18(24)17-12(2)20-22(13(17)3)15-6-4-14(19)5-7-15/h4-7,11,16,23H,8-10H2,1-3H3. The van der Waals surface area contributed by atoms with Gasteiger partial charge in [-0.1, -0.05) is 0 Å². The Hall–Kier alpha value is -2.25. The molecule has 134 valence electrons.